The number of nitro benzene ring substituents is 1. The molecule has 0 atom stereocenters. The summed E-state index contributed by atoms with van der Waals surface area (Å²) in [6.07, 6.45) is 1.27. The van der Waals surface area contributed by atoms with Crippen LogP contribution < -0.4 is 10.3 Å². The van der Waals surface area contributed by atoms with Gasteiger partial charge in [-0.05, 0) is 24.3 Å². The van der Waals surface area contributed by atoms with Crippen LogP contribution in [0.25, 0.3) is 10.9 Å². The maximum atomic E-state index is 13.3. The van der Waals surface area contributed by atoms with Gasteiger partial charge in [-0.3, -0.25) is 14.9 Å². The number of hydrogen-bond acceptors (Lipinski definition) is 8. The predicted molar refractivity (Wildman–Crippen MR) is 126 cm³/mol. The lowest BCUT2D eigenvalue weighted by molar-refractivity contribution is -0.384. The first-order chi connectivity index (χ1) is 15.5. The number of rotatable bonds is 6. The molecule has 10 nitrogen and oxygen atoms in total. The molecule has 1 heterocycles. The first kappa shape index (κ1) is 24.1. The van der Waals surface area contributed by atoms with Gasteiger partial charge in [0.1, 0.15) is 11.6 Å². The lowest BCUT2D eigenvalue weighted by Crippen LogP contribution is -2.29. The predicted octanol–water partition coefficient (Wildman–Crippen LogP) is 3.80. The van der Waals surface area contributed by atoms with Crippen molar-refractivity contribution in [2.75, 3.05) is 13.7 Å². The number of nitro groups is 1. The number of benzene rings is 2. The average molecular weight is 517 g/mol. The molecule has 0 amide bonds. The molecule has 0 spiro atoms. The Hall–Kier alpha value is -3.60. The molecule has 0 radical (unpaired) electrons. The Kier molecular flexibility index (Phi) is 6.92. The van der Waals surface area contributed by atoms with Crippen molar-refractivity contribution >= 4 is 44.7 Å². The molecule has 0 aliphatic heterocycles. The summed E-state index contributed by atoms with van der Waals surface area (Å²) in [5, 5.41) is 15.9. The van der Waals surface area contributed by atoms with Gasteiger partial charge in [-0.2, -0.15) is 9.78 Å². The summed E-state index contributed by atoms with van der Waals surface area (Å²) in [5.41, 5.74) is -0.410. The molecule has 0 bridgehead atoms. The highest BCUT2D eigenvalue weighted by molar-refractivity contribution is 9.10. The summed E-state index contributed by atoms with van der Waals surface area (Å²) in [6, 6.07) is 9.02. The van der Waals surface area contributed by atoms with Crippen molar-refractivity contribution in [3.05, 3.63) is 72.7 Å². The van der Waals surface area contributed by atoms with Crippen molar-refractivity contribution in [3.63, 3.8) is 0 Å². The fourth-order valence-corrected chi connectivity index (χ4v) is 3.30. The Balaban J connectivity index is 2.17. The molecule has 0 saturated carbocycles. The van der Waals surface area contributed by atoms with Gasteiger partial charge in [-0.1, -0.05) is 36.7 Å². The van der Waals surface area contributed by atoms with Crippen molar-refractivity contribution in [2.24, 2.45) is 5.10 Å². The minimum Gasteiger partial charge on any atom is -0.481 e. The lowest BCUT2D eigenvalue weighted by Gasteiger charge is -2.21. The number of nitrogens with zero attached hydrogens (tertiary/aromatic N) is 4. The summed E-state index contributed by atoms with van der Waals surface area (Å²) >= 11 is 3.36. The fourth-order valence-electron chi connectivity index (χ4n) is 2.94. The van der Waals surface area contributed by atoms with Gasteiger partial charge in [0.2, 0.25) is 0 Å². The topological polar surface area (TPSA) is 126 Å². The number of methoxy groups -OCH3 is 1. The Morgan fingerprint density at radius 2 is 2.00 bits per heavy atom. The third-order valence-corrected chi connectivity index (χ3v) is 5.06. The number of ether oxygens (including phenoxy) is 2. The molecule has 0 aliphatic carbocycles. The zero-order valence-electron chi connectivity index (χ0n) is 18.4. The van der Waals surface area contributed by atoms with Crippen molar-refractivity contribution in [1.29, 1.82) is 0 Å². The molecular formula is C22H21BrN4O6. The number of esters is 1. The normalized spacial score (nSPS) is 11.7. The Labute approximate surface area is 197 Å². The molecule has 0 unspecified atom stereocenters. The van der Waals surface area contributed by atoms with Crippen LogP contribution in [0.3, 0.4) is 0 Å². The summed E-state index contributed by atoms with van der Waals surface area (Å²) in [4.78, 5) is 40.0. The van der Waals surface area contributed by atoms with E-state index in [2.05, 4.69) is 30.8 Å². The van der Waals surface area contributed by atoms with Crippen LogP contribution in [-0.4, -0.2) is 40.5 Å². The zero-order valence-corrected chi connectivity index (χ0v) is 20.0. The van der Waals surface area contributed by atoms with Crippen LogP contribution in [-0.2, 0) is 14.9 Å². The summed E-state index contributed by atoms with van der Waals surface area (Å²) in [5.74, 6) is -0.0515. The number of aromatic nitrogens is 2. The van der Waals surface area contributed by atoms with Crippen LogP contribution in [0.4, 0.5) is 5.69 Å². The van der Waals surface area contributed by atoms with E-state index in [1.165, 1.54) is 31.5 Å². The van der Waals surface area contributed by atoms with Crippen molar-refractivity contribution in [1.82, 2.24) is 9.66 Å². The van der Waals surface area contributed by atoms with E-state index >= 15 is 0 Å². The molecule has 172 valence electrons. The van der Waals surface area contributed by atoms with E-state index in [4.69, 9.17) is 4.74 Å². The molecular weight excluding hydrogens is 496 g/mol. The van der Waals surface area contributed by atoms with Gasteiger partial charge < -0.3 is 9.47 Å². The van der Waals surface area contributed by atoms with E-state index in [-0.39, 0.29) is 17.0 Å². The lowest BCUT2D eigenvalue weighted by atomic mass is 9.95. The summed E-state index contributed by atoms with van der Waals surface area (Å²) < 4.78 is 11.9. The highest BCUT2D eigenvalue weighted by Gasteiger charge is 2.23. The Bertz CT molecular complexity index is 1330. The molecule has 11 heteroatoms. The zero-order chi connectivity index (χ0) is 24.3. The molecule has 33 heavy (non-hydrogen) atoms. The Morgan fingerprint density at radius 1 is 1.27 bits per heavy atom. The van der Waals surface area contributed by atoms with Crippen LogP contribution in [0.2, 0.25) is 0 Å². The highest BCUT2D eigenvalue weighted by Crippen LogP contribution is 2.25. The van der Waals surface area contributed by atoms with Gasteiger partial charge in [0.15, 0.2) is 6.61 Å². The third kappa shape index (κ3) is 5.43. The van der Waals surface area contributed by atoms with Crippen LogP contribution >= 0.6 is 15.9 Å². The molecule has 0 aliphatic rings. The van der Waals surface area contributed by atoms with Crippen LogP contribution in [0, 0.1) is 10.1 Å². The van der Waals surface area contributed by atoms with Gasteiger partial charge in [0, 0.05) is 27.6 Å². The van der Waals surface area contributed by atoms with Crippen molar-refractivity contribution in [3.8, 4) is 5.75 Å². The molecule has 3 rings (SSSR count). The second kappa shape index (κ2) is 9.49. The second-order valence-corrected chi connectivity index (χ2v) is 8.97. The number of non-ortho nitro benzene ring substituents is 1. The average Bonchev–Trinajstić information content (AvgIpc) is 2.76. The molecule has 0 saturated heterocycles. The first-order valence-electron chi connectivity index (χ1n) is 9.76. The van der Waals surface area contributed by atoms with E-state index in [0.29, 0.717) is 21.2 Å². The summed E-state index contributed by atoms with van der Waals surface area (Å²) in [7, 11) is 1.22. The Morgan fingerprint density at radius 3 is 2.64 bits per heavy atom. The van der Waals surface area contributed by atoms with Crippen LogP contribution in [0.5, 0.6) is 5.75 Å². The molecule has 0 fully saturated rings. The van der Waals surface area contributed by atoms with Crippen LogP contribution in [0.15, 0.2) is 50.8 Å². The van der Waals surface area contributed by atoms with Crippen molar-refractivity contribution < 1.29 is 19.2 Å². The second-order valence-electron chi connectivity index (χ2n) is 8.05. The number of hydrogen-bond donors (Lipinski definition) is 0. The summed E-state index contributed by atoms with van der Waals surface area (Å²) in [6.45, 7) is 5.28. The van der Waals surface area contributed by atoms with Crippen molar-refractivity contribution in [2.45, 2.75) is 26.2 Å². The molecule has 2 aromatic carbocycles. The van der Waals surface area contributed by atoms with Gasteiger partial charge in [-0.15, -0.1) is 0 Å². The monoisotopic (exact) mass is 516 g/mol. The highest BCUT2D eigenvalue weighted by atomic mass is 79.9. The standard InChI is InChI=1S/C22H21BrN4O6/c1-22(2,3)21-25-17-7-5-14(23)10-16(17)20(29)26(21)24-11-13-9-15(27(30)31)6-8-18(13)33-12-19(28)32-4/h5-11H,12H2,1-4H3. The van der Waals surface area contributed by atoms with E-state index in [1.54, 1.807) is 18.2 Å². The number of carbonyl (C=O) groups excluding carboxylic acids is 1. The first-order valence-corrected chi connectivity index (χ1v) is 10.6. The SMILES string of the molecule is COC(=O)COc1ccc([N+](=O)[O-])cc1C=Nn1c(C(C)(C)C)nc2ccc(Br)cc2c1=O. The van der Waals surface area contributed by atoms with Gasteiger partial charge in [-0.25, -0.2) is 9.78 Å². The number of halogens is 1. The van der Waals surface area contributed by atoms with Crippen LogP contribution in [0.1, 0.15) is 32.2 Å². The van der Waals surface area contributed by atoms with Gasteiger partial charge >= 0.3 is 5.97 Å². The van der Waals surface area contributed by atoms with E-state index in [9.17, 15) is 19.7 Å². The maximum absolute atomic E-state index is 13.3. The third-order valence-electron chi connectivity index (χ3n) is 4.57. The molecule has 1 aromatic heterocycles. The van der Waals surface area contributed by atoms with E-state index in [1.807, 2.05) is 20.8 Å². The van der Waals surface area contributed by atoms with E-state index < -0.39 is 28.5 Å². The number of carbonyl (C=O) groups is 1. The minimum absolute atomic E-state index is 0.164. The number of fused-ring (bicyclic) bond motifs is 1. The smallest absolute Gasteiger partial charge is 0.343 e. The molecule has 3 aromatic rings. The maximum Gasteiger partial charge on any atom is 0.343 e. The van der Waals surface area contributed by atoms with E-state index in [0.717, 1.165) is 4.68 Å². The van der Waals surface area contributed by atoms with Gasteiger partial charge in [0.25, 0.3) is 11.2 Å². The molecule has 0 N–H and O–H groups in total. The quantitative estimate of drug-likeness (QED) is 0.211. The van der Waals surface area contributed by atoms with Gasteiger partial charge in [0.05, 0.1) is 29.2 Å². The minimum atomic E-state index is -0.619. The largest absolute Gasteiger partial charge is 0.481 e. The fraction of sp³-hybridized carbons (Fsp3) is 0.273.